The number of furan rings is 1. The number of nitrogens with zero attached hydrogens (tertiary/aromatic N) is 5. The summed E-state index contributed by atoms with van der Waals surface area (Å²) >= 11 is 8.67. The molecular weight excluding hydrogens is 1010 g/mol. The fourth-order valence-corrected chi connectivity index (χ4v) is 7.59. The van der Waals surface area contributed by atoms with Crippen molar-refractivity contribution in [3.63, 3.8) is 0 Å². The molecule has 0 aliphatic carbocycles. The van der Waals surface area contributed by atoms with E-state index in [4.69, 9.17) is 25.5 Å². The predicted octanol–water partition coefficient (Wildman–Crippen LogP) is 8.68. The Morgan fingerprint density at radius 3 is 2.13 bits per heavy atom. The number of hydrogen-bond acceptors (Lipinski definition) is 15. The average molecular weight is 1060 g/mol. The highest BCUT2D eigenvalue weighted by atomic mass is 79.9. The van der Waals surface area contributed by atoms with Crippen molar-refractivity contribution in [3.05, 3.63) is 123 Å². The predicted molar refractivity (Wildman–Crippen MR) is 242 cm³/mol. The number of nitrogens with one attached hydrogen (secondary N) is 4. The van der Waals surface area contributed by atoms with Gasteiger partial charge in [0, 0.05) is 25.3 Å². The first kappa shape index (κ1) is 53.5. The number of amides is 3. The monoisotopic (exact) mass is 1050 g/mol. The highest BCUT2D eigenvalue weighted by Gasteiger charge is 2.39. The number of hydrogen-bond donors (Lipinski definition) is 4. The molecule has 19 nitrogen and oxygen atoms in total. The van der Waals surface area contributed by atoms with E-state index in [0.717, 1.165) is 38.0 Å². The molecule has 0 aliphatic heterocycles. The molecule has 0 fully saturated rings. The van der Waals surface area contributed by atoms with E-state index in [0.29, 0.717) is 16.0 Å². The molecule has 6 rings (SSSR count). The Kier molecular flexibility index (Phi) is 18.5. The Balaban J connectivity index is 0.000000232. The molecule has 0 spiro atoms. The van der Waals surface area contributed by atoms with Crippen LogP contribution in [0.15, 0.2) is 92.8 Å². The number of ether oxygens (including phenoxy) is 3. The second-order valence-electron chi connectivity index (χ2n) is 13.6. The molecule has 0 bridgehead atoms. The summed E-state index contributed by atoms with van der Waals surface area (Å²) in [6, 6.07) is 16.9. The van der Waals surface area contributed by atoms with Crippen LogP contribution in [0.3, 0.4) is 0 Å². The lowest BCUT2D eigenvalue weighted by atomic mass is 10.1. The SMILES string of the molecule is CC(C)OC(=O)c1cc(-c2nn(C)c(C(F)(F)F)c2Br)c(F)cc1Cl.CCOc1nc(NC)nc(NC(=O)NS(=O)(=O)c2ccccc2C(=O)OC)n1.Cc1occc1C(=O)Nc1ccccc1. The van der Waals surface area contributed by atoms with E-state index in [1.54, 1.807) is 45.5 Å². The standard InChI is InChI=1S/C15H12BrClF4N2O2.C15H18N6O6S.C12H11NO2/c1-6(2)25-14(24)7-4-8(10(18)5-9(7)17)12-11(16)13(15(19,20)21)23(3)22-12;1-4-27-15-19-12(16-2)17-13(20-15)18-14(23)21-28(24,25)10-8-6-5-7-9(10)11(22)26-3;1-9-11(7-8-15-9)12(14)13-10-5-3-2-4-6-10/h4-6H,1-3H3;5-8H,4H2,1-3H3,(H3,16,17,18,19,20,21,23);2-8H,1H3,(H,13,14). The van der Waals surface area contributed by atoms with Gasteiger partial charge in [0.2, 0.25) is 11.9 Å². The van der Waals surface area contributed by atoms with Gasteiger partial charge in [0.15, 0.2) is 5.69 Å². The van der Waals surface area contributed by atoms with Crippen molar-refractivity contribution in [3.8, 4) is 17.3 Å². The molecule has 3 aromatic carbocycles. The molecule has 0 unspecified atom stereocenters. The van der Waals surface area contributed by atoms with Gasteiger partial charge in [0.05, 0.1) is 52.3 Å². The Hall–Kier alpha value is -7.12. The second-order valence-corrected chi connectivity index (χ2v) is 16.5. The summed E-state index contributed by atoms with van der Waals surface area (Å²) in [7, 11) is -0.642. The minimum absolute atomic E-state index is 0.0592. The lowest BCUT2D eigenvalue weighted by molar-refractivity contribution is -0.144. The summed E-state index contributed by atoms with van der Waals surface area (Å²) in [5.74, 6) is -2.25. The van der Waals surface area contributed by atoms with Gasteiger partial charge in [0.25, 0.3) is 15.9 Å². The number of halogens is 6. The summed E-state index contributed by atoms with van der Waals surface area (Å²) in [6.07, 6.45) is -3.63. The largest absolute Gasteiger partial charge is 0.469 e. The molecule has 0 radical (unpaired) electrons. The van der Waals surface area contributed by atoms with E-state index in [1.165, 1.54) is 24.5 Å². The zero-order valence-electron chi connectivity index (χ0n) is 36.8. The fraction of sp³-hybridized carbons (Fsp3) is 0.238. The maximum absolute atomic E-state index is 14.3. The van der Waals surface area contributed by atoms with E-state index < -0.39 is 61.2 Å². The van der Waals surface area contributed by atoms with E-state index in [-0.39, 0.29) is 57.8 Å². The first-order valence-electron chi connectivity index (χ1n) is 19.5. The van der Waals surface area contributed by atoms with E-state index in [1.807, 2.05) is 30.3 Å². The fourth-order valence-electron chi connectivity index (χ4n) is 5.48. The molecule has 3 amide bonds. The number of benzene rings is 3. The number of para-hydroxylation sites is 1. The zero-order chi connectivity index (χ0) is 50.5. The van der Waals surface area contributed by atoms with E-state index >= 15 is 0 Å². The maximum atomic E-state index is 14.3. The van der Waals surface area contributed by atoms with Gasteiger partial charge < -0.3 is 29.3 Å². The Morgan fingerprint density at radius 2 is 1.56 bits per heavy atom. The first-order chi connectivity index (χ1) is 32.0. The number of carbonyl (C=O) groups is 4. The van der Waals surface area contributed by atoms with Gasteiger partial charge in [-0.25, -0.2) is 31.9 Å². The third-order valence-corrected chi connectivity index (χ3v) is 10.9. The Labute approximate surface area is 399 Å². The molecule has 68 heavy (non-hydrogen) atoms. The van der Waals surface area contributed by atoms with E-state index in [2.05, 4.69) is 56.7 Å². The van der Waals surface area contributed by atoms with Crippen molar-refractivity contribution in [2.24, 2.45) is 7.05 Å². The molecule has 0 aliphatic rings. The number of anilines is 3. The van der Waals surface area contributed by atoms with Crippen molar-refractivity contribution in [1.82, 2.24) is 29.5 Å². The number of carbonyl (C=O) groups excluding carboxylic acids is 4. The number of aromatic nitrogens is 5. The van der Waals surface area contributed by atoms with E-state index in [9.17, 15) is 45.2 Å². The van der Waals surface area contributed by atoms with Gasteiger partial charge in [-0.15, -0.1) is 0 Å². The summed E-state index contributed by atoms with van der Waals surface area (Å²) in [4.78, 5) is 58.9. The third-order valence-electron chi connectivity index (χ3n) is 8.41. The van der Waals surface area contributed by atoms with Crippen LogP contribution in [0, 0.1) is 12.7 Å². The van der Waals surface area contributed by atoms with Crippen molar-refractivity contribution in [2.45, 2.75) is 44.9 Å². The molecule has 0 saturated carbocycles. The second kappa shape index (κ2) is 23.6. The smallest absolute Gasteiger partial charge is 0.434 e. The average Bonchev–Trinajstić information content (AvgIpc) is 3.84. The lowest BCUT2D eigenvalue weighted by Crippen LogP contribution is -2.35. The Bertz CT molecular complexity index is 2890. The third kappa shape index (κ3) is 14.2. The minimum atomic E-state index is -4.69. The van der Waals surface area contributed by atoms with Gasteiger partial charge in [-0.3, -0.25) is 14.8 Å². The number of alkyl halides is 3. The number of aryl methyl sites for hydroxylation is 2. The molecule has 6 aromatic rings. The van der Waals surface area contributed by atoms with Crippen molar-refractivity contribution >= 4 is 79.0 Å². The van der Waals surface area contributed by atoms with Gasteiger partial charge in [-0.2, -0.15) is 33.2 Å². The van der Waals surface area contributed by atoms with Crippen LogP contribution in [0.5, 0.6) is 6.01 Å². The summed E-state index contributed by atoms with van der Waals surface area (Å²) in [5.41, 5.74) is -0.731. The van der Waals surface area contributed by atoms with Gasteiger partial charge in [-0.1, -0.05) is 41.9 Å². The zero-order valence-corrected chi connectivity index (χ0v) is 39.9. The number of sulfonamides is 1. The van der Waals surface area contributed by atoms with Crippen molar-refractivity contribution < 1.29 is 63.8 Å². The molecule has 362 valence electrons. The molecular formula is C42H41BrClF4N9O10S. The van der Waals surface area contributed by atoms with Crippen LogP contribution < -0.4 is 25.4 Å². The topological polar surface area (TPSA) is 248 Å². The molecule has 0 saturated heterocycles. The molecule has 3 heterocycles. The van der Waals surface area contributed by atoms with Gasteiger partial charge >= 0.3 is 30.2 Å². The quantitative estimate of drug-likeness (QED) is 0.0661. The van der Waals surface area contributed by atoms with Crippen LogP contribution in [0.4, 0.5) is 39.9 Å². The summed E-state index contributed by atoms with van der Waals surface area (Å²) in [5, 5.41) is 11.1. The highest BCUT2D eigenvalue weighted by Crippen LogP contribution is 2.41. The lowest BCUT2D eigenvalue weighted by Gasteiger charge is -2.11. The van der Waals surface area contributed by atoms with Crippen molar-refractivity contribution in [1.29, 1.82) is 0 Å². The Morgan fingerprint density at radius 1 is 0.912 bits per heavy atom. The van der Waals surface area contributed by atoms with Crippen LogP contribution in [0.1, 0.15) is 63.3 Å². The van der Waals surface area contributed by atoms with Crippen molar-refractivity contribution in [2.75, 3.05) is 36.7 Å². The summed E-state index contributed by atoms with van der Waals surface area (Å²) in [6.45, 7) is 6.98. The van der Waals surface area contributed by atoms with Gasteiger partial charge in [0.1, 0.15) is 22.2 Å². The normalized spacial score (nSPS) is 11.0. The van der Waals surface area contributed by atoms with Crippen LogP contribution >= 0.6 is 27.5 Å². The highest BCUT2D eigenvalue weighted by molar-refractivity contribution is 9.10. The van der Waals surface area contributed by atoms with Crippen LogP contribution in [0.2, 0.25) is 5.02 Å². The molecule has 3 aromatic heterocycles. The molecule has 0 atom stereocenters. The minimum Gasteiger partial charge on any atom is -0.469 e. The molecule has 26 heteroatoms. The number of esters is 2. The van der Waals surface area contributed by atoms with Crippen LogP contribution in [-0.2, 0) is 32.7 Å². The number of methoxy groups -OCH3 is 1. The maximum Gasteiger partial charge on any atom is 0.434 e. The summed E-state index contributed by atoms with van der Waals surface area (Å²) < 4.78 is 100. The van der Waals surface area contributed by atoms with Crippen LogP contribution in [-0.4, -0.2) is 83.9 Å². The number of urea groups is 1. The molecule has 4 N–H and O–H groups in total. The first-order valence-corrected chi connectivity index (χ1v) is 22.1. The number of rotatable bonds is 12. The van der Waals surface area contributed by atoms with Crippen LogP contribution in [0.25, 0.3) is 11.3 Å². The van der Waals surface area contributed by atoms with Gasteiger partial charge in [-0.05, 0) is 86.1 Å².